The normalized spacial score (nSPS) is 12.7. The van der Waals surface area contributed by atoms with E-state index in [1.165, 1.54) is 0 Å². The summed E-state index contributed by atoms with van der Waals surface area (Å²) in [6, 6.07) is 8.55. The van der Waals surface area contributed by atoms with Crippen LogP contribution < -0.4 is 0 Å². The van der Waals surface area contributed by atoms with Gasteiger partial charge in [0.25, 0.3) is 0 Å². The second kappa shape index (κ2) is 11.1. The highest BCUT2D eigenvalue weighted by Gasteiger charge is 2.50. The minimum atomic E-state index is -3.86. The second-order valence-corrected chi connectivity index (χ2v) is 7.37. The van der Waals surface area contributed by atoms with Crippen molar-refractivity contribution in [2.24, 2.45) is 5.92 Å². The van der Waals surface area contributed by atoms with Gasteiger partial charge in [0.2, 0.25) is 0 Å². The quantitative estimate of drug-likeness (QED) is 0.325. The summed E-state index contributed by atoms with van der Waals surface area (Å²) in [6.07, 6.45) is 0. The third kappa shape index (κ3) is 5.66. The molecule has 0 saturated carbocycles. The molecule has 0 heterocycles. The SMILES string of the molecule is CCOC(=O)C(C(=O)OCC)C(c1ccccc1)P(=O)(OCC)OCC. The van der Waals surface area contributed by atoms with Crippen molar-refractivity contribution >= 4 is 19.5 Å². The molecule has 1 aromatic carbocycles. The van der Waals surface area contributed by atoms with Crippen LogP contribution in [-0.2, 0) is 32.7 Å². The maximum Gasteiger partial charge on any atom is 0.339 e. The maximum absolute atomic E-state index is 13.5. The molecule has 8 heteroatoms. The first-order valence-electron chi connectivity index (χ1n) is 8.72. The Morgan fingerprint density at radius 2 is 1.31 bits per heavy atom. The molecule has 0 amide bonds. The molecule has 0 bridgehead atoms. The van der Waals surface area contributed by atoms with Gasteiger partial charge in [-0.3, -0.25) is 14.2 Å². The number of ether oxygens (including phenoxy) is 2. The second-order valence-electron chi connectivity index (χ2n) is 5.21. The molecule has 0 spiro atoms. The van der Waals surface area contributed by atoms with Crippen molar-refractivity contribution in [3.05, 3.63) is 35.9 Å². The van der Waals surface area contributed by atoms with Gasteiger partial charge in [0, 0.05) is 0 Å². The van der Waals surface area contributed by atoms with E-state index in [0.717, 1.165) is 0 Å². The van der Waals surface area contributed by atoms with E-state index < -0.39 is 31.1 Å². The van der Waals surface area contributed by atoms with Crippen LogP contribution in [0.3, 0.4) is 0 Å². The number of benzene rings is 1. The molecular formula is C18H27O7P. The summed E-state index contributed by atoms with van der Waals surface area (Å²) >= 11 is 0. The van der Waals surface area contributed by atoms with E-state index in [2.05, 4.69) is 0 Å². The minimum Gasteiger partial charge on any atom is -0.465 e. The summed E-state index contributed by atoms with van der Waals surface area (Å²) in [7, 11) is -3.86. The van der Waals surface area contributed by atoms with Crippen molar-refractivity contribution in [3.63, 3.8) is 0 Å². The van der Waals surface area contributed by atoms with E-state index in [0.29, 0.717) is 5.56 Å². The molecule has 1 atom stereocenters. The predicted molar refractivity (Wildman–Crippen MR) is 96.8 cm³/mol. The Morgan fingerprint density at radius 3 is 1.69 bits per heavy atom. The van der Waals surface area contributed by atoms with E-state index in [1.807, 2.05) is 0 Å². The van der Waals surface area contributed by atoms with Gasteiger partial charge in [0.1, 0.15) is 5.66 Å². The van der Waals surface area contributed by atoms with Crippen molar-refractivity contribution in [1.29, 1.82) is 0 Å². The molecule has 26 heavy (non-hydrogen) atoms. The van der Waals surface area contributed by atoms with Crippen molar-refractivity contribution in [2.45, 2.75) is 33.4 Å². The lowest BCUT2D eigenvalue weighted by Crippen LogP contribution is -2.34. The third-order valence-corrected chi connectivity index (χ3v) is 6.01. The summed E-state index contributed by atoms with van der Waals surface area (Å²) in [5, 5.41) is 0. The molecule has 0 N–H and O–H groups in total. The lowest BCUT2D eigenvalue weighted by atomic mass is 9.98. The highest BCUT2D eigenvalue weighted by Crippen LogP contribution is 2.64. The molecule has 0 radical (unpaired) electrons. The Labute approximate surface area is 154 Å². The zero-order valence-electron chi connectivity index (χ0n) is 15.7. The largest absolute Gasteiger partial charge is 0.465 e. The van der Waals surface area contributed by atoms with Crippen molar-refractivity contribution in [3.8, 4) is 0 Å². The van der Waals surface area contributed by atoms with E-state index in [9.17, 15) is 14.2 Å². The van der Waals surface area contributed by atoms with Crippen molar-refractivity contribution in [1.82, 2.24) is 0 Å². The topological polar surface area (TPSA) is 88.1 Å². The van der Waals surface area contributed by atoms with Crippen LogP contribution in [0.4, 0.5) is 0 Å². The number of carbonyl (C=O) groups excluding carboxylic acids is 2. The first-order chi connectivity index (χ1) is 12.4. The van der Waals surface area contributed by atoms with Crippen LogP contribution in [-0.4, -0.2) is 38.4 Å². The summed E-state index contributed by atoms with van der Waals surface area (Å²) in [6.45, 7) is 6.92. The van der Waals surface area contributed by atoms with Gasteiger partial charge in [0.15, 0.2) is 5.92 Å². The Morgan fingerprint density at radius 1 is 0.846 bits per heavy atom. The summed E-state index contributed by atoms with van der Waals surface area (Å²) < 4.78 is 34.5. The van der Waals surface area contributed by atoms with Gasteiger partial charge < -0.3 is 18.5 Å². The van der Waals surface area contributed by atoms with Crippen LogP contribution in [0.2, 0.25) is 0 Å². The van der Waals surface area contributed by atoms with E-state index >= 15 is 0 Å². The lowest BCUT2D eigenvalue weighted by molar-refractivity contribution is -0.162. The molecule has 1 aromatic rings. The van der Waals surface area contributed by atoms with Crippen LogP contribution in [0.1, 0.15) is 38.9 Å². The van der Waals surface area contributed by atoms with E-state index in [4.69, 9.17) is 18.5 Å². The van der Waals surface area contributed by atoms with Gasteiger partial charge in [-0.1, -0.05) is 30.3 Å². The molecule has 7 nitrogen and oxygen atoms in total. The molecule has 0 aliphatic carbocycles. The van der Waals surface area contributed by atoms with Crippen LogP contribution in [0.5, 0.6) is 0 Å². The Kier molecular flexibility index (Phi) is 9.55. The average molecular weight is 386 g/mol. The first kappa shape index (κ1) is 22.4. The zero-order valence-corrected chi connectivity index (χ0v) is 16.6. The van der Waals surface area contributed by atoms with Crippen LogP contribution in [0.25, 0.3) is 0 Å². The average Bonchev–Trinajstić information content (AvgIpc) is 2.60. The molecule has 1 rings (SSSR count). The van der Waals surface area contributed by atoms with Crippen LogP contribution in [0, 0.1) is 5.92 Å². The molecule has 0 fully saturated rings. The predicted octanol–water partition coefficient (Wildman–Crippen LogP) is 3.74. The third-order valence-electron chi connectivity index (χ3n) is 3.50. The summed E-state index contributed by atoms with van der Waals surface area (Å²) in [5.74, 6) is -3.10. The van der Waals surface area contributed by atoms with Gasteiger partial charge in [0.05, 0.1) is 26.4 Å². The Bertz CT molecular complexity index is 589. The molecule has 0 saturated heterocycles. The number of rotatable bonds is 11. The minimum absolute atomic E-state index is 0.0732. The number of hydrogen-bond acceptors (Lipinski definition) is 7. The number of esters is 2. The van der Waals surface area contributed by atoms with E-state index in [-0.39, 0.29) is 26.4 Å². The molecule has 0 aliphatic rings. The van der Waals surface area contributed by atoms with Crippen LogP contribution >= 0.6 is 7.60 Å². The molecule has 1 unspecified atom stereocenters. The number of carbonyl (C=O) groups is 2. The van der Waals surface area contributed by atoms with Gasteiger partial charge in [-0.15, -0.1) is 0 Å². The Hall–Kier alpha value is -1.69. The summed E-state index contributed by atoms with van der Waals surface area (Å²) in [4.78, 5) is 25.1. The first-order valence-corrected chi connectivity index (χ1v) is 10.3. The monoisotopic (exact) mass is 386 g/mol. The standard InChI is InChI=1S/C18H27O7P/c1-5-22-17(19)15(18(20)23-6-2)16(14-12-10-9-11-13-14)26(21,24-7-3)25-8-4/h9-13,15-16H,5-8H2,1-4H3. The highest BCUT2D eigenvalue weighted by molar-refractivity contribution is 7.54. The number of hydrogen-bond donors (Lipinski definition) is 0. The smallest absolute Gasteiger partial charge is 0.339 e. The highest BCUT2D eigenvalue weighted by atomic mass is 31.2. The maximum atomic E-state index is 13.5. The fraction of sp³-hybridized carbons (Fsp3) is 0.556. The van der Waals surface area contributed by atoms with Crippen molar-refractivity contribution < 1.29 is 32.7 Å². The van der Waals surface area contributed by atoms with Gasteiger partial charge in [-0.05, 0) is 33.3 Å². The van der Waals surface area contributed by atoms with E-state index in [1.54, 1.807) is 58.0 Å². The molecule has 146 valence electrons. The summed E-state index contributed by atoms with van der Waals surface area (Å²) in [5.41, 5.74) is -0.689. The fourth-order valence-corrected chi connectivity index (χ4v) is 4.85. The van der Waals surface area contributed by atoms with Gasteiger partial charge in [-0.25, -0.2) is 0 Å². The van der Waals surface area contributed by atoms with Gasteiger partial charge >= 0.3 is 19.5 Å². The lowest BCUT2D eigenvalue weighted by Gasteiger charge is -2.30. The van der Waals surface area contributed by atoms with Crippen molar-refractivity contribution in [2.75, 3.05) is 26.4 Å². The van der Waals surface area contributed by atoms with Gasteiger partial charge in [-0.2, -0.15) is 0 Å². The van der Waals surface area contributed by atoms with Crippen LogP contribution in [0.15, 0.2) is 30.3 Å². The molecule has 0 aliphatic heterocycles. The fourth-order valence-electron chi connectivity index (χ4n) is 2.58. The molecular weight excluding hydrogens is 359 g/mol. The molecule has 0 aromatic heterocycles. The Balaban J connectivity index is 3.53. The zero-order chi connectivity index (χ0) is 19.6.